The van der Waals surface area contributed by atoms with E-state index in [0.29, 0.717) is 28.3 Å². The molecule has 0 aliphatic carbocycles. The molecular formula is C26H28N2O5S. The third kappa shape index (κ3) is 4.38. The summed E-state index contributed by atoms with van der Waals surface area (Å²) in [4.78, 5) is 13.3. The number of nitrogens with one attached hydrogen (secondary N) is 1. The number of anilines is 2. The molecular weight excluding hydrogens is 452 g/mol. The van der Waals surface area contributed by atoms with Crippen LogP contribution in [0.4, 0.5) is 11.4 Å². The lowest BCUT2D eigenvalue weighted by Gasteiger charge is -2.37. The number of rotatable bonds is 7. The molecule has 0 spiro atoms. The predicted octanol–water partition coefficient (Wildman–Crippen LogP) is 4.35. The summed E-state index contributed by atoms with van der Waals surface area (Å²) >= 11 is 0. The van der Waals surface area contributed by atoms with Crippen LogP contribution in [0, 0.1) is 20.8 Å². The average Bonchev–Trinajstić information content (AvgIpc) is 2.78. The average molecular weight is 481 g/mol. The monoisotopic (exact) mass is 480 g/mol. The molecule has 8 heteroatoms. The van der Waals surface area contributed by atoms with Crippen LogP contribution in [0.1, 0.15) is 22.3 Å². The Morgan fingerprint density at radius 1 is 0.971 bits per heavy atom. The fourth-order valence-corrected chi connectivity index (χ4v) is 6.52. The SMILES string of the molecule is COc1ccccc1COC[C@@H]1C(=O)Nc2ccccc2N1S(=O)(=O)c1c(C)cc(C)cc1C. The van der Waals surface area contributed by atoms with E-state index in [0.717, 1.165) is 11.1 Å². The van der Waals surface area contributed by atoms with Gasteiger partial charge in [0.25, 0.3) is 15.9 Å². The molecule has 178 valence electrons. The predicted molar refractivity (Wildman–Crippen MR) is 132 cm³/mol. The Kier molecular flexibility index (Phi) is 6.63. The van der Waals surface area contributed by atoms with Crippen molar-refractivity contribution in [1.82, 2.24) is 0 Å². The van der Waals surface area contributed by atoms with Crippen molar-refractivity contribution in [2.24, 2.45) is 0 Å². The van der Waals surface area contributed by atoms with E-state index in [9.17, 15) is 13.2 Å². The lowest BCUT2D eigenvalue weighted by Crippen LogP contribution is -2.53. The zero-order valence-corrected chi connectivity index (χ0v) is 20.5. The summed E-state index contributed by atoms with van der Waals surface area (Å²) in [5, 5.41) is 2.82. The van der Waals surface area contributed by atoms with Crippen molar-refractivity contribution in [3.63, 3.8) is 0 Å². The van der Waals surface area contributed by atoms with Gasteiger partial charge in [-0.1, -0.05) is 48.0 Å². The van der Waals surface area contributed by atoms with Crippen molar-refractivity contribution in [1.29, 1.82) is 0 Å². The van der Waals surface area contributed by atoms with Gasteiger partial charge < -0.3 is 14.8 Å². The van der Waals surface area contributed by atoms with Gasteiger partial charge in [-0.15, -0.1) is 0 Å². The molecule has 3 aromatic carbocycles. The number of benzene rings is 3. The number of hydrogen-bond donors (Lipinski definition) is 1. The van der Waals surface area contributed by atoms with Crippen LogP contribution in [0.15, 0.2) is 65.6 Å². The van der Waals surface area contributed by atoms with Crippen LogP contribution < -0.4 is 14.4 Å². The van der Waals surface area contributed by atoms with Crippen molar-refractivity contribution in [3.05, 3.63) is 82.9 Å². The number of fused-ring (bicyclic) bond motifs is 1. The van der Waals surface area contributed by atoms with Gasteiger partial charge in [0.1, 0.15) is 11.8 Å². The molecule has 7 nitrogen and oxygen atoms in total. The van der Waals surface area contributed by atoms with Crippen LogP contribution in [0.25, 0.3) is 0 Å². The maximum absolute atomic E-state index is 14.1. The first-order chi connectivity index (χ1) is 16.2. The molecule has 0 radical (unpaired) electrons. The molecule has 34 heavy (non-hydrogen) atoms. The van der Waals surface area contributed by atoms with E-state index < -0.39 is 22.0 Å². The number of ether oxygens (including phenoxy) is 2. The summed E-state index contributed by atoms with van der Waals surface area (Å²) in [6.07, 6.45) is 0. The second-order valence-corrected chi connectivity index (χ2v) is 10.1. The number of methoxy groups -OCH3 is 1. The Balaban J connectivity index is 1.73. The van der Waals surface area contributed by atoms with Crippen molar-refractivity contribution in [3.8, 4) is 5.75 Å². The van der Waals surface area contributed by atoms with E-state index >= 15 is 0 Å². The topological polar surface area (TPSA) is 84.9 Å². The normalized spacial score (nSPS) is 15.6. The van der Waals surface area contributed by atoms with E-state index in [4.69, 9.17) is 9.47 Å². The molecule has 1 aliphatic rings. The molecule has 0 saturated heterocycles. The number of para-hydroxylation sites is 3. The Labute approximate surface area is 200 Å². The Morgan fingerprint density at radius 2 is 1.62 bits per heavy atom. The second kappa shape index (κ2) is 9.48. The van der Waals surface area contributed by atoms with Crippen molar-refractivity contribution in [2.45, 2.75) is 38.3 Å². The number of carbonyl (C=O) groups is 1. The van der Waals surface area contributed by atoms with Crippen molar-refractivity contribution in [2.75, 3.05) is 23.3 Å². The molecule has 0 bridgehead atoms. The van der Waals surface area contributed by atoms with Crippen LogP contribution in [0.2, 0.25) is 0 Å². The summed E-state index contributed by atoms with van der Waals surface area (Å²) in [6.45, 7) is 5.52. The largest absolute Gasteiger partial charge is 0.496 e. The number of amides is 1. The van der Waals surface area contributed by atoms with Gasteiger partial charge in [-0.05, 0) is 50.1 Å². The zero-order valence-electron chi connectivity index (χ0n) is 19.7. The Hall–Kier alpha value is -3.36. The number of sulfonamides is 1. The third-order valence-electron chi connectivity index (χ3n) is 5.83. The Morgan fingerprint density at radius 3 is 2.32 bits per heavy atom. The summed E-state index contributed by atoms with van der Waals surface area (Å²) in [5.74, 6) is 0.223. The minimum absolute atomic E-state index is 0.124. The summed E-state index contributed by atoms with van der Waals surface area (Å²) in [5.41, 5.74) is 3.90. The molecule has 0 unspecified atom stereocenters. The second-order valence-electron chi connectivity index (χ2n) is 8.38. The molecule has 1 amide bonds. The molecule has 4 rings (SSSR count). The van der Waals surface area contributed by atoms with E-state index in [1.165, 1.54) is 4.31 Å². The zero-order chi connectivity index (χ0) is 24.5. The summed E-state index contributed by atoms with van der Waals surface area (Å²) < 4.78 is 40.6. The van der Waals surface area contributed by atoms with E-state index in [1.807, 2.05) is 43.3 Å². The minimum Gasteiger partial charge on any atom is -0.496 e. The first-order valence-corrected chi connectivity index (χ1v) is 12.4. The number of carbonyl (C=O) groups excluding carboxylic acids is 1. The van der Waals surface area contributed by atoms with Gasteiger partial charge in [0, 0.05) is 5.56 Å². The number of hydrogen-bond acceptors (Lipinski definition) is 5. The lowest BCUT2D eigenvalue weighted by molar-refractivity contribution is -0.118. The summed E-state index contributed by atoms with van der Waals surface area (Å²) in [7, 11) is -2.50. The first kappa shape index (κ1) is 23.8. The van der Waals surface area contributed by atoms with Gasteiger partial charge in [-0.25, -0.2) is 12.7 Å². The molecule has 1 N–H and O–H groups in total. The summed E-state index contributed by atoms with van der Waals surface area (Å²) in [6, 6.07) is 16.9. The molecule has 0 aromatic heterocycles. The van der Waals surface area contributed by atoms with Crippen LogP contribution in [-0.4, -0.2) is 34.1 Å². The minimum atomic E-state index is -4.08. The molecule has 0 saturated carbocycles. The van der Waals surface area contributed by atoms with Crippen LogP contribution in [0.5, 0.6) is 5.75 Å². The molecule has 3 aromatic rings. The quantitative estimate of drug-likeness (QED) is 0.543. The van der Waals surface area contributed by atoms with Gasteiger partial charge in [-0.3, -0.25) is 4.79 Å². The first-order valence-electron chi connectivity index (χ1n) is 11.0. The van der Waals surface area contributed by atoms with Crippen molar-refractivity contribution >= 4 is 27.3 Å². The standard InChI is InChI=1S/C26H28N2O5S/c1-17-13-18(2)25(19(3)14-17)34(30,31)28-22-11-7-6-10-21(22)27-26(29)23(28)16-33-15-20-9-5-8-12-24(20)32-4/h5-14,23H,15-16H2,1-4H3,(H,27,29)/t23-/m1/s1. The van der Waals surface area contributed by atoms with E-state index in [1.54, 1.807) is 45.2 Å². The van der Waals surface area contributed by atoms with Gasteiger partial charge in [0.05, 0.1) is 36.6 Å². The van der Waals surface area contributed by atoms with Gasteiger partial charge in [0.2, 0.25) is 0 Å². The maximum atomic E-state index is 14.1. The van der Waals surface area contributed by atoms with Crippen molar-refractivity contribution < 1.29 is 22.7 Å². The van der Waals surface area contributed by atoms with Gasteiger partial charge in [0.15, 0.2) is 0 Å². The van der Waals surface area contributed by atoms with Gasteiger partial charge in [-0.2, -0.15) is 0 Å². The van der Waals surface area contributed by atoms with Gasteiger partial charge >= 0.3 is 0 Å². The number of nitrogens with zero attached hydrogens (tertiary/aromatic N) is 1. The Bertz CT molecular complexity index is 1310. The van der Waals surface area contributed by atoms with Crippen LogP contribution in [-0.2, 0) is 26.2 Å². The third-order valence-corrected chi connectivity index (χ3v) is 7.96. The highest BCUT2D eigenvalue weighted by Crippen LogP contribution is 2.38. The molecule has 1 aliphatic heterocycles. The van der Waals surface area contributed by atoms with E-state index in [2.05, 4.69) is 5.32 Å². The lowest BCUT2D eigenvalue weighted by atomic mass is 10.1. The molecule has 1 atom stereocenters. The smallest absolute Gasteiger partial charge is 0.265 e. The molecule has 0 fully saturated rings. The van der Waals surface area contributed by atoms with Crippen LogP contribution in [0.3, 0.4) is 0 Å². The maximum Gasteiger partial charge on any atom is 0.265 e. The highest BCUT2D eigenvalue weighted by molar-refractivity contribution is 7.93. The molecule has 1 heterocycles. The van der Waals surface area contributed by atoms with Crippen LogP contribution >= 0.6 is 0 Å². The highest BCUT2D eigenvalue weighted by Gasteiger charge is 2.42. The fourth-order valence-electron chi connectivity index (χ4n) is 4.48. The van der Waals surface area contributed by atoms with E-state index in [-0.39, 0.29) is 18.1 Å². The number of aryl methyl sites for hydroxylation is 3. The fraction of sp³-hybridized carbons (Fsp3) is 0.269. The highest BCUT2D eigenvalue weighted by atomic mass is 32.2.